The fourth-order valence-electron chi connectivity index (χ4n) is 0.252. The Morgan fingerprint density at radius 3 is 2.38 bits per heavy atom. The summed E-state index contributed by atoms with van der Waals surface area (Å²) < 4.78 is 5.37. The highest BCUT2D eigenvalue weighted by molar-refractivity contribution is 6.65. The molecular weight excluding hydrogens is 148 g/mol. The molecule has 0 unspecified atom stereocenters. The van der Waals surface area contributed by atoms with Gasteiger partial charge in [-0.25, -0.2) is 0 Å². The molecule has 44 valence electrons. The predicted molar refractivity (Wildman–Crippen MR) is 39.9 cm³/mol. The zero-order valence-corrected chi connectivity index (χ0v) is 8.45. The van der Waals surface area contributed by atoms with E-state index in [-0.39, 0.29) is 0 Å². The summed E-state index contributed by atoms with van der Waals surface area (Å²) in [6.07, 6.45) is 0. The van der Waals surface area contributed by atoms with Crippen LogP contribution in [-0.4, -0.2) is 40.5 Å². The average Bonchev–Trinajstić information content (AvgIpc) is 1.84. The van der Waals surface area contributed by atoms with Gasteiger partial charge in [0.15, 0.2) is 0 Å². The summed E-state index contributed by atoms with van der Waals surface area (Å²) in [6.45, 7) is 4.38. The van der Waals surface area contributed by atoms with E-state index in [0.717, 1.165) is 9.68 Å². The van der Waals surface area contributed by atoms with E-state index in [1.165, 1.54) is 0 Å². The third-order valence-electron chi connectivity index (χ3n) is 1.02. The van der Waals surface area contributed by atoms with Crippen molar-refractivity contribution in [1.29, 1.82) is 0 Å². The molecule has 0 aromatic rings. The van der Waals surface area contributed by atoms with Gasteiger partial charge in [-0.1, -0.05) is 6.55 Å². The van der Waals surface area contributed by atoms with Crippen molar-refractivity contribution in [1.82, 2.24) is 8.88 Å². The largest absolute Gasteiger partial charge is 0.351 e. The second kappa shape index (κ2) is 4.45. The molecule has 0 aromatic carbocycles. The van der Waals surface area contributed by atoms with E-state index in [1.54, 1.807) is 0 Å². The number of nitrogens with one attached hydrogen (secondary N) is 1. The first-order chi connectivity index (χ1) is 3.72. The van der Waals surface area contributed by atoms with Gasteiger partial charge in [-0.15, -0.1) is 0 Å². The van der Waals surface area contributed by atoms with Crippen molar-refractivity contribution >= 4 is 29.2 Å². The lowest BCUT2D eigenvalue weighted by molar-refractivity contribution is 0.815. The minimum atomic E-state index is -0.448. The first-order valence-corrected chi connectivity index (χ1v) is 6.29. The van der Waals surface area contributed by atoms with Crippen LogP contribution < -0.4 is 4.65 Å². The molecule has 0 amide bonds. The van der Waals surface area contributed by atoms with Crippen LogP contribution in [0.15, 0.2) is 0 Å². The van der Waals surface area contributed by atoms with Crippen LogP contribution in [0.3, 0.4) is 0 Å². The van der Waals surface area contributed by atoms with Crippen LogP contribution in [0.1, 0.15) is 0 Å². The molecule has 0 heterocycles. The Hall–Kier alpha value is 0.571. The molecule has 8 heavy (non-hydrogen) atoms. The lowest BCUT2D eigenvalue weighted by atomic mass is 11.6. The van der Waals surface area contributed by atoms with Crippen molar-refractivity contribution in [2.75, 3.05) is 7.05 Å². The van der Waals surface area contributed by atoms with Crippen molar-refractivity contribution in [2.24, 2.45) is 0 Å². The molecule has 1 N–H and O–H groups in total. The second-order valence-corrected chi connectivity index (χ2v) is 5.90. The molecule has 0 saturated carbocycles. The topological polar surface area (TPSA) is 15.3 Å². The SMILES string of the molecule is C[Si]N(C)[Si](C)N[Si]. The highest BCUT2D eigenvalue weighted by Gasteiger charge is 2.05. The van der Waals surface area contributed by atoms with Crippen LogP contribution in [0.2, 0.25) is 13.1 Å². The Labute approximate surface area is 58.8 Å². The van der Waals surface area contributed by atoms with Gasteiger partial charge in [-0.3, -0.25) is 0 Å². The number of hydrogen-bond donors (Lipinski definition) is 1. The molecule has 0 aliphatic heterocycles. The van der Waals surface area contributed by atoms with E-state index in [2.05, 4.69) is 39.4 Å². The Balaban J connectivity index is 3.29. The lowest BCUT2D eigenvalue weighted by Gasteiger charge is -2.18. The van der Waals surface area contributed by atoms with Crippen LogP contribution >= 0.6 is 0 Å². The highest BCUT2D eigenvalue weighted by Crippen LogP contribution is 1.79. The van der Waals surface area contributed by atoms with E-state index in [9.17, 15) is 0 Å². The Morgan fingerprint density at radius 2 is 2.25 bits per heavy atom. The van der Waals surface area contributed by atoms with Crippen LogP contribution in [0.4, 0.5) is 0 Å². The first-order valence-electron chi connectivity index (χ1n) is 2.39. The van der Waals surface area contributed by atoms with E-state index >= 15 is 0 Å². The summed E-state index contributed by atoms with van der Waals surface area (Å²) in [5.74, 6) is 0. The predicted octanol–water partition coefficient (Wildman–Crippen LogP) is -0.623. The third kappa shape index (κ3) is 2.78. The van der Waals surface area contributed by atoms with E-state index in [4.69, 9.17) is 0 Å². The van der Waals surface area contributed by atoms with Crippen molar-refractivity contribution in [3.8, 4) is 0 Å². The Bertz CT molecular complexity index is 52.5. The van der Waals surface area contributed by atoms with Gasteiger partial charge >= 0.3 is 0 Å². The van der Waals surface area contributed by atoms with Gasteiger partial charge in [0, 0.05) is 0 Å². The normalized spacial score (nSPS) is 11.2. The zero-order chi connectivity index (χ0) is 6.57. The molecule has 0 rings (SSSR count). The van der Waals surface area contributed by atoms with Gasteiger partial charge in [-0.2, -0.15) is 0 Å². The monoisotopic (exact) mass is 158 g/mol. The van der Waals surface area contributed by atoms with Crippen molar-refractivity contribution in [2.45, 2.75) is 13.1 Å². The summed E-state index contributed by atoms with van der Waals surface area (Å²) in [4.78, 5) is 0. The molecule has 5 heteroatoms. The summed E-state index contributed by atoms with van der Waals surface area (Å²) >= 11 is 0. The van der Waals surface area contributed by atoms with Crippen molar-refractivity contribution in [3.05, 3.63) is 0 Å². The average molecular weight is 158 g/mol. The highest BCUT2D eigenvalue weighted by atomic mass is 28.4. The van der Waals surface area contributed by atoms with E-state index in [0.29, 0.717) is 0 Å². The lowest BCUT2D eigenvalue weighted by Crippen LogP contribution is -2.45. The number of nitrogens with zero attached hydrogens (tertiary/aromatic N) is 1. The van der Waals surface area contributed by atoms with Gasteiger partial charge in [0.05, 0.1) is 0 Å². The molecule has 0 atom stereocenters. The first kappa shape index (κ1) is 8.57. The molecule has 0 aliphatic carbocycles. The van der Waals surface area contributed by atoms with Crippen LogP contribution in [0, 0.1) is 0 Å². The maximum absolute atomic E-state index is 3.26. The fraction of sp³-hybridized carbons (Fsp3) is 1.00. The van der Waals surface area contributed by atoms with Gasteiger partial charge in [0.2, 0.25) is 9.12 Å². The quantitative estimate of drug-likeness (QED) is 0.551. The summed E-state index contributed by atoms with van der Waals surface area (Å²) in [7, 11) is 5.84. The maximum atomic E-state index is 3.26. The molecule has 0 saturated heterocycles. The Kier molecular flexibility index (Phi) is 4.77. The molecule has 0 spiro atoms. The van der Waals surface area contributed by atoms with Crippen molar-refractivity contribution in [3.63, 3.8) is 0 Å². The third-order valence-corrected chi connectivity index (χ3v) is 5.82. The second-order valence-electron chi connectivity index (χ2n) is 1.49. The summed E-state index contributed by atoms with van der Waals surface area (Å²) in [5, 5.41) is 0. The number of hydrogen-bond acceptors (Lipinski definition) is 2. The molecule has 0 fully saturated rings. The minimum absolute atomic E-state index is 0.448. The number of rotatable bonds is 3. The summed E-state index contributed by atoms with van der Waals surface area (Å²) in [5.41, 5.74) is 0. The van der Waals surface area contributed by atoms with Gasteiger partial charge < -0.3 is 8.88 Å². The Morgan fingerprint density at radius 1 is 1.75 bits per heavy atom. The van der Waals surface area contributed by atoms with Crippen LogP contribution in [-0.2, 0) is 0 Å². The molecule has 0 aromatic heterocycles. The zero-order valence-electron chi connectivity index (χ0n) is 5.45. The van der Waals surface area contributed by atoms with Gasteiger partial charge in [-0.05, 0) is 13.6 Å². The smallest absolute Gasteiger partial charge is 0.208 e. The van der Waals surface area contributed by atoms with E-state index < -0.39 is 9.12 Å². The fourth-order valence-corrected chi connectivity index (χ4v) is 2.77. The standard InChI is InChI=1S/C3H10N2Si3/c1-5(7-2)8(3)4-6/h4H,1-3H3. The molecule has 2 nitrogen and oxygen atoms in total. The minimum Gasteiger partial charge on any atom is -0.351 e. The van der Waals surface area contributed by atoms with Crippen LogP contribution in [0.25, 0.3) is 0 Å². The maximum Gasteiger partial charge on any atom is 0.208 e. The molecule has 0 bridgehead atoms. The van der Waals surface area contributed by atoms with E-state index in [1.807, 2.05) is 0 Å². The molecule has 6 radical (unpaired) electrons. The summed E-state index contributed by atoms with van der Waals surface area (Å²) in [6, 6.07) is 0. The molecule has 0 aliphatic rings. The van der Waals surface area contributed by atoms with Gasteiger partial charge in [0.1, 0.15) is 20.1 Å². The van der Waals surface area contributed by atoms with Gasteiger partial charge in [0.25, 0.3) is 0 Å². The molecular formula is C3H10N2Si3. The van der Waals surface area contributed by atoms with Crippen molar-refractivity contribution < 1.29 is 0 Å². The van der Waals surface area contributed by atoms with Crippen LogP contribution in [0.5, 0.6) is 0 Å².